The number of ether oxygens (including phenoxy) is 2. The number of nitrogens with zero attached hydrogens (tertiary/aromatic N) is 1. The summed E-state index contributed by atoms with van der Waals surface area (Å²) in [6, 6.07) is 29.4. The van der Waals surface area contributed by atoms with E-state index in [1.54, 1.807) is 36.4 Å². The molecule has 0 N–H and O–H groups in total. The molecule has 0 fully saturated rings. The number of benzene rings is 4. The highest BCUT2D eigenvalue weighted by Crippen LogP contribution is 2.31. The fraction of sp³-hybridized carbons (Fsp3) is 0.0741. The first-order valence-corrected chi connectivity index (χ1v) is 12.9. The van der Waals surface area contributed by atoms with Crippen LogP contribution >= 0.6 is 15.9 Å². The van der Waals surface area contributed by atoms with Crippen molar-refractivity contribution in [3.63, 3.8) is 0 Å². The zero-order chi connectivity index (χ0) is 24.8. The molecule has 4 aromatic carbocycles. The van der Waals surface area contributed by atoms with Crippen LogP contribution in [0.4, 0.5) is 5.69 Å². The van der Waals surface area contributed by atoms with Crippen LogP contribution in [-0.4, -0.2) is 28.0 Å². The Morgan fingerprint density at radius 3 is 2.06 bits per heavy atom. The Kier molecular flexibility index (Phi) is 7.53. The largest absolute Gasteiger partial charge is 0.497 e. The van der Waals surface area contributed by atoms with Crippen molar-refractivity contribution >= 4 is 37.5 Å². The minimum Gasteiger partial charge on any atom is -0.497 e. The number of halogens is 1. The summed E-state index contributed by atoms with van der Waals surface area (Å²) in [5.41, 5.74) is 2.19. The maximum atomic E-state index is 13.4. The Morgan fingerprint density at radius 1 is 0.829 bits per heavy atom. The second kappa shape index (κ2) is 10.8. The molecule has 0 saturated heterocycles. The highest BCUT2D eigenvalue weighted by atomic mass is 79.9. The van der Waals surface area contributed by atoms with Gasteiger partial charge in [0.25, 0.3) is 15.9 Å². The molecule has 0 bridgehead atoms. The summed E-state index contributed by atoms with van der Waals surface area (Å²) in [6.07, 6.45) is 0. The van der Waals surface area contributed by atoms with E-state index in [4.69, 9.17) is 9.47 Å². The number of rotatable bonds is 8. The quantitative estimate of drug-likeness (QED) is 0.271. The van der Waals surface area contributed by atoms with E-state index < -0.39 is 22.5 Å². The Bertz CT molecular complexity index is 1410. The lowest BCUT2D eigenvalue weighted by molar-refractivity contribution is -0.119. The first-order valence-electron chi connectivity index (χ1n) is 10.6. The van der Waals surface area contributed by atoms with Crippen molar-refractivity contribution in [2.24, 2.45) is 0 Å². The summed E-state index contributed by atoms with van der Waals surface area (Å²) in [5, 5.41) is 0. The highest BCUT2D eigenvalue weighted by Gasteiger charge is 2.31. The van der Waals surface area contributed by atoms with Crippen LogP contribution in [0.1, 0.15) is 0 Å². The van der Waals surface area contributed by atoms with Crippen LogP contribution in [0.25, 0.3) is 11.1 Å². The van der Waals surface area contributed by atoms with Crippen LogP contribution in [0.2, 0.25) is 0 Å². The third-order valence-corrected chi connectivity index (χ3v) is 7.59. The molecule has 4 rings (SSSR count). The lowest BCUT2D eigenvalue weighted by Gasteiger charge is -2.23. The number of amides is 1. The van der Waals surface area contributed by atoms with E-state index in [9.17, 15) is 13.2 Å². The Balaban J connectivity index is 1.60. The lowest BCUT2D eigenvalue weighted by atomic mass is 10.1. The lowest BCUT2D eigenvalue weighted by Crippen LogP contribution is -2.40. The summed E-state index contributed by atoms with van der Waals surface area (Å²) >= 11 is 3.49. The van der Waals surface area contributed by atoms with Gasteiger partial charge in [0.15, 0.2) is 6.61 Å². The molecule has 6 nitrogen and oxygen atoms in total. The molecule has 1 amide bonds. The van der Waals surface area contributed by atoms with E-state index >= 15 is 0 Å². The first-order chi connectivity index (χ1) is 16.9. The van der Waals surface area contributed by atoms with Crippen molar-refractivity contribution in [1.82, 2.24) is 0 Å². The predicted octanol–water partition coefficient (Wildman–Crippen LogP) is 5.93. The molecule has 0 heterocycles. The van der Waals surface area contributed by atoms with E-state index in [-0.39, 0.29) is 10.6 Å². The number of sulfonamides is 1. The third kappa shape index (κ3) is 5.55. The van der Waals surface area contributed by atoms with E-state index in [1.165, 1.54) is 31.4 Å². The van der Waals surface area contributed by atoms with Crippen molar-refractivity contribution in [2.45, 2.75) is 4.90 Å². The van der Waals surface area contributed by atoms with Crippen LogP contribution in [-0.2, 0) is 14.8 Å². The number of hydrogen-bond acceptors (Lipinski definition) is 5. The zero-order valence-electron chi connectivity index (χ0n) is 18.8. The molecule has 0 spiro atoms. The van der Waals surface area contributed by atoms with Gasteiger partial charge in [0.2, 0.25) is 0 Å². The summed E-state index contributed by atoms with van der Waals surface area (Å²) in [4.78, 5) is 13.3. The maximum Gasteiger partial charge on any atom is 0.278 e. The molecule has 0 aliphatic heterocycles. The molecule has 8 heteroatoms. The molecular weight excluding hydrogens is 530 g/mol. The molecule has 0 unspecified atom stereocenters. The number of hydrogen-bond donors (Lipinski definition) is 0. The van der Waals surface area contributed by atoms with Gasteiger partial charge in [0.05, 0.1) is 22.2 Å². The van der Waals surface area contributed by atoms with Gasteiger partial charge >= 0.3 is 0 Å². The fourth-order valence-corrected chi connectivity index (χ4v) is 5.38. The summed E-state index contributed by atoms with van der Waals surface area (Å²) in [6.45, 7) is -0.485. The van der Waals surface area contributed by atoms with Crippen LogP contribution < -0.4 is 13.8 Å². The molecular formula is C27H22BrNO5S. The second-order valence-corrected chi connectivity index (χ2v) is 10.1. The molecule has 35 heavy (non-hydrogen) atoms. The molecule has 0 aliphatic rings. The average molecular weight is 552 g/mol. The third-order valence-electron chi connectivity index (χ3n) is 5.21. The molecule has 0 saturated carbocycles. The first kappa shape index (κ1) is 24.5. The number of carbonyl (C=O) groups is 1. The van der Waals surface area contributed by atoms with Crippen molar-refractivity contribution in [3.8, 4) is 22.6 Å². The zero-order valence-corrected chi connectivity index (χ0v) is 21.2. The maximum absolute atomic E-state index is 13.4. The minimum atomic E-state index is -4.18. The van der Waals surface area contributed by atoms with Crippen LogP contribution in [0, 0.1) is 0 Å². The minimum absolute atomic E-state index is 0.00226. The average Bonchev–Trinajstić information content (AvgIpc) is 2.89. The molecule has 4 aromatic rings. The molecule has 0 aromatic heterocycles. The van der Waals surface area contributed by atoms with Gasteiger partial charge in [-0.05, 0) is 75.6 Å². The van der Waals surface area contributed by atoms with Gasteiger partial charge in [-0.2, -0.15) is 4.31 Å². The van der Waals surface area contributed by atoms with Crippen molar-refractivity contribution in [3.05, 3.63) is 108 Å². The number of methoxy groups -OCH3 is 1. The standard InChI is InChI=1S/C27H22BrNO5S/c1-33-23-15-13-22(14-16-23)29(35(31,32)24-10-6-3-7-11-24)27(30)19-34-26-17-12-21(18-25(26)28)20-8-4-2-5-9-20/h2-18H,19H2,1H3. The monoisotopic (exact) mass is 551 g/mol. The highest BCUT2D eigenvalue weighted by molar-refractivity contribution is 9.10. The normalized spacial score (nSPS) is 11.0. The summed E-state index contributed by atoms with van der Waals surface area (Å²) in [5.74, 6) is 0.222. The Hall–Kier alpha value is -3.62. The van der Waals surface area contributed by atoms with Gasteiger partial charge in [0.1, 0.15) is 11.5 Å². The predicted molar refractivity (Wildman–Crippen MR) is 139 cm³/mol. The van der Waals surface area contributed by atoms with Crippen molar-refractivity contribution < 1.29 is 22.7 Å². The number of carbonyl (C=O) groups excluding carboxylic acids is 1. The van der Waals surface area contributed by atoms with Crippen molar-refractivity contribution in [1.29, 1.82) is 0 Å². The Labute approximate surface area is 212 Å². The second-order valence-electron chi connectivity index (χ2n) is 7.47. The van der Waals surface area contributed by atoms with E-state index in [0.717, 1.165) is 15.4 Å². The van der Waals surface area contributed by atoms with Crippen LogP contribution in [0.3, 0.4) is 0 Å². The van der Waals surface area contributed by atoms with Gasteiger partial charge in [-0.3, -0.25) is 4.79 Å². The van der Waals surface area contributed by atoms with Gasteiger partial charge in [-0.1, -0.05) is 54.6 Å². The van der Waals surface area contributed by atoms with E-state index in [2.05, 4.69) is 15.9 Å². The van der Waals surface area contributed by atoms with Gasteiger partial charge in [-0.15, -0.1) is 0 Å². The van der Waals surface area contributed by atoms with Crippen molar-refractivity contribution in [2.75, 3.05) is 18.0 Å². The van der Waals surface area contributed by atoms with Gasteiger partial charge in [-0.25, -0.2) is 8.42 Å². The topological polar surface area (TPSA) is 72.9 Å². The number of anilines is 1. The van der Waals surface area contributed by atoms with Gasteiger partial charge < -0.3 is 9.47 Å². The molecule has 0 radical (unpaired) electrons. The molecule has 0 atom stereocenters. The smallest absolute Gasteiger partial charge is 0.278 e. The fourth-order valence-electron chi connectivity index (χ4n) is 3.46. The summed E-state index contributed by atoms with van der Waals surface area (Å²) < 4.78 is 39.1. The van der Waals surface area contributed by atoms with Crippen LogP contribution in [0.5, 0.6) is 11.5 Å². The molecule has 0 aliphatic carbocycles. The Morgan fingerprint density at radius 2 is 1.46 bits per heavy atom. The van der Waals surface area contributed by atoms with E-state index in [0.29, 0.717) is 16.0 Å². The summed E-state index contributed by atoms with van der Waals surface area (Å²) in [7, 11) is -2.67. The van der Waals surface area contributed by atoms with E-state index in [1.807, 2.05) is 42.5 Å². The van der Waals surface area contributed by atoms with Crippen LogP contribution in [0.15, 0.2) is 112 Å². The molecule has 178 valence electrons. The SMILES string of the molecule is COc1ccc(N(C(=O)COc2ccc(-c3ccccc3)cc2Br)S(=O)(=O)c2ccccc2)cc1. The van der Waals surface area contributed by atoms with Gasteiger partial charge in [0, 0.05) is 0 Å².